The summed E-state index contributed by atoms with van der Waals surface area (Å²) >= 11 is 3.60. The van der Waals surface area contributed by atoms with Crippen LogP contribution in [-0.2, 0) is 22.4 Å². The summed E-state index contributed by atoms with van der Waals surface area (Å²) in [6.07, 6.45) is 1.61. The lowest BCUT2D eigenvalue weighted by Crippen LogP contribution is -2.53. The molecule has 0 saturated carbocycles. The minimum Gasteiger partial charge on any atom is -0.494 e. The molecule has 1 amide bonds. The highest BCUT2D eigenvalue weighted by Crippen LogP contribution is 2.30. The summed E-state index contributed by atoms with van der Waals surface area (Å²) in [4.78, 5) is 18.4. The van der Waals surface area contributed by atoms with E-state index < -0.39 is 5.54 Å². The van der Waals surface area contributed by atoms with Crippen LogP contribution in [0.1, 0.15) is 30.0 Å². The third-order valence-corrected chi connectivity index (χ3v) is 7.07. The van der Waals surface area contributed by atoms with E-state index in [0.29, 0.717) is 50.7 Å². The second-order valence-electron chi connectivity index (χ2n) is 9.13. The summed E-state index contributed by atoms with van der Waals surface area (Å²) in [5, 5.41) is 8.94. The number of amides is 1. The first-order chi connectivity index (χ1) is 19.0. The number of aliphatic hydroxyl groups excluding tert-OH is 1. The normalized spacial score (nSPS) is 16.3. The zero-order chi connectivity index (χ0) is 27.5. The Morgan fingerprint density at radius 1 is 1.05 bits per heavy atom. The Morgan fingerprint density at radius 3 is 2.54 bits per heavy atom. The van der Waals surface area contributed by atoms with Gasteiger partial charge in [-0.05, 0) is 60.9 Å². The molecule has 0 aromatic heterocycles. The summed E-state index contributed by atoms with van der Waals surface area (Å²) in [6, 6.07) is 23.1. The van der Waals surface area contributed by atoms with Crippen molar-refractivity contribution in [2.24, 2.45) is 4.99 Å². The second kappa shape index (κ2) is 14.1. The summed E-state index contributed by atoms with van der Waals surface area (Å²) < 4.78 is 18.2. The molecule has 0 fully saturated rings. The molecular formula is C30H34BrN3O5. The molecule has 3 aromatic rings. The van der Waals surface area contributed by atoms with Crippen molar-refractivity contribution in [1.29, 1.82) is 0 Å². The smallest absolute Gasteiger partial charge is 0.266 e. The van der Waals surface area contributed by atoms with Crippen LogP contribution >= 0.6 is 15.9 Å². The molecule has 1 aliphatic heterocycles. The highest BCUT2D eigenvalue weighted by Gasteiger charge is 2.45. The van der Waals surface area contributed by atoms with E-state index in [0.717, 1.165) is 26.9 Å². The monoisotopic (exact) mass is 595 g/mol. The predicted molar refractivity (Wildman–Crippen MR) is 154 cm³/mol. The lowest BCUT2D eigenvalue weighted by molar-refractivity contribution is -0.127. The van der Waals surface area contributed by atoms with Gasteiger partial charge in [0, 0.05) is 36.0 Å². The number of rotatable bonds is 14. The fourth-order valence-corrected chi connectivity index (χ4v) is 4.67. The van der Waals surface area contributed by atoms with E-state index in [-0.39, 0.29) is 19.1 Å². The van der Waals surface area contributed by atoms with Gasteiger partial charge in [0.1, 0.15) is 18.1 Å². The number of para-hydroxylation sites is 1. The lowest BCUT2D eigenvalue weighted by atomic mass is 9.91. The molecule has 8 nitrogen and oxygen atoms in total. The number of hydrogen-bond donors (Lipinski definition) is 3. The first-order valence-corrected chi connectivity index (χ1v) is 13.9. The number of hydrogen-bond acceptors (Lipinski definition) is 7. The number of carbonyl (C=O) groups excluding carboxylic acids is 1. The third kappa shape index (κ3) is 7.59. The largest absolute Gasteiger partial charge is 0.494 e. The molecule has 4 rings (SSSR count). The highest BCUT2D eigenvalue weighted by atomic mass is 79.9. The van der Waals surface area contributed by atoms with Gasteiger partial charge in [0.05, 0.1) is 13.2 Å². The van der Waals surface area contributed by atoms with Crippen molar-refractivity contribution in [3.8, 4) is 11.5 Å². The van der Waals surface area contributed by atoms with Crippen LogP contribution in [0.4, 0.5) is 0 Å². The highest BCUT2D eigenvalue weighted by molar-refractivity contribution is 9.10. The Morgan fingerprint density at radius 2 is 1.79 bits per heavy atom. The SMILES string of the molecule is CCOc1ccccc1CCNNC(=O)[C@]1(Cc2ccccc2Br)COC(c2ccc(OCCCO)cc2)=N1. The van der Waals surface area contributed by atoms with E-state index in [4.69, 9.17) is 24.3 Å². The maximum absolute atomic E-state index is 13.6. The number of benzene rings is 3. The Bertz CT molecular complexity index is 1270. The molecule has 3 aromatic carbocycles. The molecule has 0 aliphatic carbocycles. The average Bonchev–Trinajstić information content (AvgIpc) is 3.39. The van der Waals surface area contributed by atoms with Gasteiger partial charge in [0.25, 0.3) is 5.91 Å². The molecule has 0 unspecified atom stereocenters. The van der Waals surface area contributed by atoms with Crippen molar-refractivity contribution >= 4 is 27.7 Å². The van der Waals surface area contributed by atoms with Crippen LogP contribution < -0.4 is 20.3 Å². The van der Waals surface area contributed by atoms with Crippen molar-refractivity contribution in [1.82, 2.24) is 10.9 Å². The molecule has 3 N–H and O–H groups in total. The quantitative estimate of drug-likeness (QED) is 0.190. The van der Waals surface area contributed by atoms with Crippen LogP contribution in [0.25, 0.3) is 0 Å². The molecule has 1 heterocycles. The molecule has 39 heavy (non-hydrogen) atoms. The number of carbonyl (C=O) groups is 1. The summed E-state index contributed by atoms with van der Waals surface area (Å²) in [5.41, 5.74) is 7.56. The first-order valence-electron chi connectivity index (χ1n) is 13.1. The van der Waals surface area contributed by atoms with Crippen LogP contribution in [0, 0.1) is 0 Å². The summed E-state index contributed by atoms with van der Waals surface area (Å²) in [7, 11) is 0. The topological polar surface area (TPSA) is 101 Å². The van der Waals surface area contributed by atoms with E-state index >= 15 is 0 Å². The van der Waals surface area contributed by atoms with Crippen molar-refractivity contribution in [2.45, 2.75) is 31.7 Å². The molecule has 206 valence electrons. The fourth-order valence-electron chi connectivity index (χ4n) is 4.25. The zero-order valence-corrected chi connectivity index (χ0v) is 23.6. The number of hydrazine groups is 1. The Balaban J connectivity index is 1.47. The van der Waals surface area contributed by atoms with Crippen molar-refractivity contribution in [2.75, 3.05) is 33.0 Å². The summed E-state index contributed by atoms with van der Waals surface area (Å²) in [6.45, 7) is 3.71. The van der Waals surface area contributed by atoms with Crippen molar-refractivity contribution in [3.63, 3.8) is 0 Å². The molecule has 1 atom stereocenters. The first kappa shape index (κ1) is 28.6. The van der Waals surface area contributed by atoms with Crippen LogP contribution in [0.5, 0.6) is 11.5 Å². The fraction of sp³-hybridized carbons (Fsp3) is 0.333. The van der Waals surface area contributed by atoms with Gasteiger partial charge in [0.15, 0.2) is 5.54 Å². The van der Waals surface area contributed by atoms with Gasteiger partial charge in [-0.15, -0.1) is 0 Å². The van der Waals surface area contributed by atoms with E-state index in [1.807, 2.05) is 79.7 Å². The number of ether oxygens (including phenoxy) is 3. The Labute approximate surface area is 237 Å². The van der Waals surface area contributed by atoms with Gasteiger partial charge in [-0.1, -0.05) is 52.3 Å². The van der Waals surface area contributed by atoms with Gasteiger partial charge in [-0.3, -0.25) is 10.2 Å². The molecule has 1 aliphatic rings. The minimum absolute atomic E-state index is 0.0832. The van der Waals surface area contributed by atoms with Crippen LogP contribution in [0.3, 0.4) is 0 Å². The molecule has 0 bridgehead atoms. The Kier molecular flexibility index (Phi) is 10.4. The molecular weight excluding hydrogens is 562 g/mol. The number of halogens is 1. The van der Waals surface area contributed by atoms with Gasteiger partial charge in [-0.25, -0.2) is 10.4 Å². The molecule has 0 saturated heterocycles. The second-order valence-corrected chi connectivity index (χ2v) is 9.98. The maximum atomic E-state index is 13.6. The maximum Gasteiger partial charge on any atom is 0.266 e. The van der Waals surface area contributed by atoms with Crippen LogP contribution in [0.15, 0.2) is 82.3 Å². The standard InChI is InChI=1S/C30H34BrN3O5/c1-2-37-27-11-6-4-8-22(27)16-17-32-34-29(36)30(20-24-9-3-5-10-26(24)31)21-39-28(33-30)23-12-14-25(15-13-23)38-19-7-18-35/h3-6,8-15,32,35H,2,7,16-21H2,1H3,(H,34,36)/t30-/m0/s1. The number of nitrogens with zero attached hydrogens (tertiary/aromatic N) is 1. The third-order valence-electron chi connectivity index (χ3n) is 6.29. The zero-order valence-electron chi connectivity index (χ0n) is 22.0. The van der Waals surface area contributed by atoms with E-state index in [1.54, 1.807) is 0 Å². The molecule has 0 spiro atoms. The molecule has 0 radical (unpaired) electrons. The number of aliphatic imine (C=N–C) groups is 1. The van der Waals surface area contributed by atoms with Crippen LogP contribution in [-0.4, -0.2) is 55.4 Å². The summed E-state index contributed by atoms with van der Waals surface area (Å²) in [5.74, 6) is 1.68. The van der Waals surface area contributed by atoms with Crippen LogP contribution in [0.2, 0.25) is 0 Å². The van der Waals surface area contributed by atoms with E-state index in [2.05, 4.69) is 26.8 Å². The lowest BCUT2D eigenvalue weighted by Gasteiger charge is -2.24. The Hall–Kier alpha value is -3.40. The van der Waals surface area contributed by atoms with Gasteiger partial charge in [0.2, 0.25) is 5.90 Å². The van der Waals surface area contributed by atoms with Crippen molar-refractivity contribution in [3.05, 3.63) is 94.0 Å². The predicted octanol–water partition coefficient (Wildman–Crippen LogP) is 4.23. The van der Waals surface area contributed by atoms with E-state index in [9.17, 15) is 4.79 Å². The number of aliphatic hydroxyl groups is 1. The van der Waals surface area contributed by atoms with Crippen molar-refractivity contribution < 1.29 is 24.1 Å². The van der Waals surface area contributed by atoms with Gasteiger partial charge < -0.3 is 19.3 Å². The van der Waals surface area contributed by atoms with E-state index in [1.165, 1.54) is 0 Å². The average molecular weight is 597 g/mol. The van der Waals surface area contributed by atoms with Gasteiger partial charge in [-0.2, -0.15) is 0 Å². The van der Waals surface area contributed by atoms with Gasteiger partial charge >= 0.3 is 0 Å². The minimum atomic E-state index is -1.15. The number of nitrogens with one attached hydrogen (secondary N) is 2. The molecule has 9 heteroatoms.